The Hall–Kier alpha value is -0.600. The van der Waals surface area contributed by atoms with E-state index in [2.05, 4.69) is 0 Å². The molecule has 98 valence electrons. The van der Waals surface area contributed by atoms with Crippen LogP contribution < -0.4 is 0 Å². The van der Waals surface area contributed by atoms with E-state index in [1.807, 2.05) is 0 Å². The van der Waals surface area contributed by atoms with E-state index in [0.29, 0.717) is 29.2 Å². The first kappa shape index (κ1) is 12.4. The van der Waals surface area contributed by atoms with Crippen LogP contribution in [-0.4, -0.2) is 11.2 Å². The van der Waals surface area contributed by atoms with Gasteiger partial charge in [0.05, 0.1) is 6.10 Å². The molecule has 2 aliphatic carbocycles. The lowest BCUT2D eigenvalue weighted by Gasteiger charge is -2.12. The highest BCUT2D eigenvalue weighted by Gasteiger charge is 2.53. The summed E-state index contributed by atoms with van der Waals surface area (Å²) >= 11 is 6.04. The van der Waals surface area contributed by atoms with E-state index in [-0.39, 0.29) is 11.9 Å². The van der Waals surface area contributed by atoms with Crippen molar-refractivity contribution in [2.75, 3.05) is 0 Å². The summed E-state index contributed by atoms with van der Waals surface area (Å²) in [6, 6.07) is 4.37. The normalized spacial score (nSPS) is 31.8. The molecule has 1 N–H and O–H groups in total. The van der Waals surface area contributed by atoms with Gasteiger partial charge in [0.25, 0.3) is 0 Å². The second-order valence-electron chi connectivity index (χ2n) is 5.70. The molecule has 0 aliphatic heterocycles. The molecule has 3 unspecified atom stereocenters. The minimum absolute atomic E-state index is 0.283. The molecule has 0 spiro atoms. The minimum atomic E-state index is -0.364. The lowest BCUT2D eigenvalue weighted by atomic mass is 10.0. The molecule has 2 saturated carbocycles. The van der Waals surface area contributed by atoms with Gasteiger partial charge in [-0.1, -0.05) is 24.4 Å². The molecule has 0 aromatic heterocycles. The number of hydrogen-bond donors (Lipinski definition) is 1. The fourth-order valence-electron chi connectivity index (χ4n) is 3.68. The van der Waals surface area contributed by atoms with Crippen LogP contribution in [0.2, 0.25) is 5.02 Å². The Morgan fingerprint density at radius 1 is 1.28 bits per heavy atom. The van der Waals surface area contributed by atoms with Gasteiger partial charge >= 0.3 is 0 Å². The lowest BCUT2D eigenvalue weighted by Crippen LogP contribution is -2.15. The Balaban J connectivity index is 1.67. The predicted molar refractivity (Wildman–Crippen MR) is 70.1 cm³/mol. The zero-order valence-electron chi connectivity index (χ0n) is 10.3. The third-order valence-corrected chi connectivity index (χ3v) is 4.97. The SMILES string of the molecule is OC(Cc1cc(F)ccc1Cl)C1C2CCCCC21. The van der Waals surface area contributed by atoms with Crippen molar-refractivity contribution in [2.45, 2.75) is 38.2 Å². The number of halogens is 2. The summed E-state index contributed by atoms with van der Waals surface area (Å²) in [7, 11) is 0. The van der Waals surface area contributed by atoms with Gasteiger partial charge in [-0.05, 0) is 54.4 Å². The van der Waals surface area contributed by atoms with E-state index in [1.165, 1.54) is 37.8 Å². The maximum absolute atomic E-state index is 13.2. The van der Waals surface area contributed by atoms with Gasteiger partial charge in [-0.2, -0.15) is 0 Å². The molecular formula is C15H18ClFO. The van der Waals surface area contributed by atoms with E-state index in [1.54, 1.807) is 6.07 Å². The molecule has 2 aliphatic rings. The number of aliphatic hydroxyl groups is 1. The van der Waals surface area contributed by atoms with E-state index >= 15 is 0 Å². The minimum Gasteiger partial charge on any atom is -0.392 e. The number of aliphatic hydroxyl groups excluding tert-OH is 1. The van der Waals surface area contributed by atoms with Crippen LogP contribution in [0.15, 0.2) is 18.2 Å². The van der Waals surface area contributed by atoms with Crippen molar-refractivity contribution >= 4 is 11.6 Å². The van der Waals surface area contributed by atoms with Crippen molar-refractivity contribution in [1.82, 2.24) is 0 Å². The molecule has 0 amide bonds. The first-order valence-corrected chi connectivity index (χ1v) is 7.16. The highest BCUT2D eigenvalue weighted by Crippen LogP contribution is 2.57. The van der Waals surface area contributed by atoms with Gasteiger partial charge in [-0.3, -0.25) is 0 Å². The van der Waals surface area contributed by atoms with Gasteiger partial charge in [0.15, 0.2) is 0 Å². The van der Waals surface area contributed by atoms with E-state index in [9.17, 15) is 9.50 Å². The Morgan fingerprint density at radius 2 is 1.94 bits per heavy atom. The first-order valence-electron chi connectivity index (χ1n) is 6.79. The average Bonchev–Trinajstić information content (AvgIpc) is 3.08. The maximum Gasteiger partial charge on any atom is 0.123 e. The number of benzene rings is 1. The zero-order chi connectivity index (χ0) is 12.7. The molecule has 3 atom stereocenters. The Labute approximate surface area is 112 Å². The third kappa shape index (κ3) is 2.28. The van der Waals surface area contributed by atoms with E-state index in [0.717, 1.165) is 5.56 Å². The summed E-state index contributed by atoms with van der Waals surface area (Å²) in [4.78, 5) is 0. The van der Waals surface area contributed by atoms with E-state index in [4.69, 9.17) is 11.6 Å². The lowest BCUT2D eigenvalue weighted by molar-refractivity contribution is 0.140. The maximum atomic E-state index is 13.2. The van der Waals surface area contributed by atoms with Gasteiger partial charge in [-0.25, -0.2) is 4.39 Å². The second-order valence-corrected chi connectivity index (χ2v) is 6.10. The molecule has 1 aromatic carbocycles. The average molecular weight is 269 g/mol. The van der Waals surface area contributed by atoms with Crippen LogP contribution in [0.1, 0.15) is 31.2 Å². The van der Waals surface area contributed by atoms with Crippen LogP contribution in [0, 0.1) is 23.6 Å². The summed E-state index contributed by atoms with van der Waals surface area (Å²) in [6.07, 6.45) is 5.22. The molecule has 3 rings (SSSR count). The van der Waals surface area contributed by atoms with Crippen molar-refractivity contribution < 1.29 is 9.50 Å². The van der Waals surface area contributed by atoms with Gasteiger partial charge in [-0.15, -0.1) is 0 Å². The van der Waals surface area contributed by atoms with E-state index < -0.39 is 0 Å². The highest BCUT2D eigenvalue weighted by atomic mass is 35.5. The van der Waals surface area contributed by atoms with Crippen LogP contribution in [0.3, 0.4) is 0 Å². The summed E-state index contributed by atoms with van der Waals surface area (Å²) in [5, 5.41) is 10.9. The molecule has 3 heteroatoms. The molecule has 2 fully saturated rings. The van der Waals surface area contributed by atoms with Crippen molar-refractivity contribution in [3.8, 4) is 0 Å². The first-order chi connectivity index (χ1) is 8.66. The number of fused-ring (bicyclic) bond motifs is 1. The summed E-state index contributed by atoms with van der Waals surface area (Å²) in [5.41, 5.74) is 0.729. The Kier molecular flexibility index (Phi) is 3.33. The van der Waals surface area contributed by atoms with Gasteiger partial charge in [0.2, 0.25) is 0 Å². The summed E-state index contributed by atoms with van der Waals surface area (Å²) in [5.74, 6) is 1.56. The fourth-order valence-corrected chi connectivity index (χ4v) is 3.87. The van der Waals surface area contributed by atoms with Crippen molar-refractivity contribution in [3.05, 3.63) is 34.6 Å². The standard InChI is InChI=1S/C15H18ClFO/c16-13-6-5-10(17)7-9(13)8-14(18)15-11-3-1-2-4-12(11)15/h5-7,11-12,14-15,18H,1-4,8H2. The quantitative estimate of drug-likeness (QED) is 0.884. The van der Waals surface area contributed by atoms with Gasteiger partial charge in [0.1, 0.15) is 5.82 Å². The van der Waals surface area contributed by atoms with Crippen LogP contribution >= 0.6 is 11.6 Å². The van der Waals surface area contributed by atoms with Gasteiger partial charge < -0.3 is 5.11 Å². The number of hydrogen-bond acceptors (Lipinski definition) is 1. The third-order valence-electron chi connectivity index (χ3n) is 4.60. The highest BCUT2D eigenvalue weighted by molar-refractivity contribution is 6.31. The molecule has 0 heterocycles. The molecule has 0 saturated heterocycles. The smallest absolute Gasteiger partial charge is 0.123 e. The Bertz CT molecular complexity index is 436. The largest absolute Gasteiger partial charge is 0.392 e. The topological polar surface area (TPSA) is 20.2 Å². The van der Waals surface area contributed by atoms with Crippen LogP contribution in [0.4, 0.5) is 4.39 Å². The van der Waals surface area contributed by atoms with Gasteiger partial charge in [0, 0.05) is 11.4 Å². The van der Waals surface area contributed by atoms with Crippen LogP contribution in [0.5, 0.6) is 0 Å². The van der Waals surface area contributed by atoms with Crippen molar-refractivity contribution in [3.63, 3.8) is 0 Å². The monoisotopic (exact) mass is 268 g/mol. The molecule has 1 nitrogen and oxygen atoms in total. The fraction of sp³-hybridized carbons (Fsp3) is 0.600. The molecule has 1 aromatic rings. The summed E-state index contributed by atoms with van der Waals surface area (Å²) in [6.45, 7) is 0. The molecule has 0 bridgehead atoms. The predicted octanol–water partition coefficient (Wildman–Crippen LogP) is 3.82. The van der Waals surface area contributed by atoms with Crippen LogP contribution in [0.25, 0.3) is 0 Å². The molecule has 0 radical (unpaired) electrons. The molecule has 18 heavy (non-hydrogen) atoms. The molecular weight excluding hydrogens is 251 g/mol. The second kappa shape index (κ2) is 4.82. The zero-order valence-corrected chi connectivity index (χ0v) is 11.0. The van der Waals surface area contributed by atoms with Crippen LogP contribution in [-0.2, 0) is 6.42 Å². The van der Waals surface area contributed by atoms with Crippen molar-refractivity contribution in [2.24, 2.45) is 17.8 Å². The number of rotatable bonds is 3. The Morgan fingerprint density at radius 3 is 2.61 bits per heavy atom. The van der Waals surface area contributed by atoms with Crippen molar-refractivity contribution in [1.29, 1.82) is 0 Å². The summed E-state index contributed by atoms with van der Waals surface area (Å²) < 4.78 is 13.2.